The third kappa shape index (κ3) is 2.58. The number of aryl methyl sites for hydroxylation is 1. The number of rotatable bonds is 2. The molecular weight excluding hydrogens is 184 g/mol. The second-order valence-electron chi connectivity index (χ2n) is 4.90. The van der Waals surface area contributed by atoms with Crippen LogP contribution in [0.1, 0.15) is 39.0 Å². The molecule has 0 saturated heterocycles. The summed E-state index contributed by atoms with van der Waals surface area (Å²) in [5.41, 5.74) is 3.58. The van der Waals surface area contributed by atoms with E-state index in [-0.39, 0.29) is 5.41 Å². The van der Waals surface area contributed by atoms with Crippen LogP contribution in [0.25, 0.3) is 5.70 Å². The van der Waals surface area contributed by atoms with Crippen LogP contribution in [0.15, 0.2) is 24.9 Å². The number of allylic oxidation sites excluding steroid dienone is 3. The number of nitrogens with zero attached hydrogens (tertiary/aromatic N) is 2. The first-order chi connectivity index (χ1) is 6.86. The van der Waals surface area contributed by atoms with Crippen molar-refractivity contribution >= 4 is 5.70 Å². The molecule has 1 aromatic rings. The molecule has 1 heterocycles. The molecule has 2 heteroatoms. The van der Waals surface area contributed by atoms with Gasteiger partial charge in [-0.15, -0.1) is 0 Å². The van der Waals surface area contributed by atoms with Gasteiger partial charge in [-0.25, -0.2) is 4.68 Å². The van der Waals surface area contributed by atoms with Gasteiger partial charge in [0.2, 0.25) is 0 Å². The van der Waals surface area contributed by atoms with Crippen LogP contribution in [0, 0.1) is 6.92 Å². The van der Waals surface area contributed by atoms with E-state index in [0.717, 1.165) is 11.4 Å². The van der Waals surface area contributed by atoms with Gasteiger partial charge < -0.3 is 0 Å². The molecule has 0 aliphatic heterocycles. The predicted octanol–water partition coefficient (Wildman–Crippen LogP) is 3.54. The zero-order valence-electron chi connectivity index (χ0n) is 10.3. The fourth-order valence-electron chi connectivity index (χ4n) is 1.63. The average Bonchev–Trinajstić information content (AvgIpc) is 2.47. The minimum Gasteiger partial charge on any atom is -0.245 e. The van der Waals surface area contributed by atoms with E-state index in [1.807, 2.05) is 17.7 Å². The van der Waals surface area contributed by atoms with Crippen LogP contribution in [-0.2, 0) is 5.41 Å². The molecule has 0 radical (unpaired) electrons. The molecule has 0 atom stereocenters. The Balaban J connectivity index is 3.17. The summed E-state index contributed by atoms with van der Waals surface area (Å²) in [5, 5.41) is 4.60. The lowest BCUT2D eigenvalue weighted by molar-refractivity contribution is 0.558. The minimum atomic E-state index is 0.101. The summed E-state index contributed by atoms with van der Waals surface area (Å²) < 4.78 is 1.91. The van der Waals surface area contributed by atoms with E-state index in [9.17, 15) is 0 Å². The molecule has 0 aliphatic carbocycles. The predicted molar refractivity (Wildman–Crippen MR) is 65.8 cm³/mol. The molecular formula is C13H20N2. The van der Waals surface area contributed by atoms with Crippen molar-refractivity contribution in [3.05, 3.63) is 36.2 Å². The van der Waals surface area contributed by atoms with Crippen molar-refractivity contribution in [1.82, 2.24) is 9.78 Å². The van der Waals surface area contributed by atoms with Gasteiger partial charge in [-0.3, -0.25) is 0 Å². The first-order valence-corrected chi connectivity index (χ1v) is 5.22. The molecule has 0 spiro atoms. The Labute approximate surface area is 92.3 Å². The van der Waals surface area contributed by atoms with E-state index >= 15 is 0 Å². The van der Waals surface area contributed by atoms with E-state index < -0.39 is 0 Å². The Bertz CT molecular complexity index is 389. The minimum absolute atomic E-state index is 0.101. The highest BCUT2D eigenvalue weighted by Gasteiger charge is 2.20. The Kier molecular flexibility index (Phi) is 3.18. The van der Waals surface area contributed by atoms with Crippen molar-refractivity contribution in [3.63, 3.8) is 0 Å². The molecule has 82 valence electrons. The summed E-state index contributed by atoms with van der Waals surface area (Å²) >= 11 is 0. The van der Waals surface area contributed by atoms with Crippen molar-refractivity contribution < 1.29 is 0 Å². The Morgan fingerprint density at radius 2 is 2.07 bits per heavy atom. The number of hydrogen-bond acceptors (Lipinski definition) is 1. The summed E-state index contributed by atoms with van der Waals surface area (Å²) in [6.45, 7) is 14.4. The Morgan fingerprint density at radius 1 is 1.47 bits per heavy atom. The van der Waals surface area contributed by atoms with E-state index in [2.05, 4.69) is 45.6 Å². The van der Waals surface area contributed by atoms with Gasteiger partial charge in [0.15, 0.2) is 0 Å². The second-order valence-corrected chi connectivity index (χ2v) is 4.90. The second kappa shape index (κ2) is 4.05. The zero-order chi connectivity index (χ0) is 11.6. The van der Waals surface area contributed by atoms with E-state index in [1.165, 1.54) is 5.56 Å². The fraction of sp³-hybridized carbons (Fsp3) is 0.462. The van der Waals surface area contributed by atoms with E-state index in [4.69, 9.17) is 0 Å². The van der Waals surface area contributed by atoms with E-state index in [1.54, 1.807) is 6.08 Å². The maximum atomic E-state index is 4.60. The lowest BCUT2D eigenvalue weighted by Gasteiger charge is -2.16. The lowest BCUT2D eigenvalue weighted by atomic mass is 9.90. The van der Waals surface area contributed by atoms with Gasteiger partial charge in [0.25, 0.3) is 0 Å². The maximum absolute atomic E-state index is 4.60. The molecule has 1 rings (SSSR count). The quantitative estimate of drug-likeness (QED) is 0.674. The van der Waals surface area contributed by atoms with Crippen molar-refractivity contribution in [2.45, 2.75) is 40.0 Å². The molecule has 2 nitrogen and oxygen atoms in total. The van der Waals surface area contributed by atoms with Crippen molar-refractivity contribution in [2.75, 3.05) is 0 Å². The third-order valence-corrected chi connectivity index (χ3v) is 2.33. The Morgan fingerprint density at radius 3 is 2.47 bits per heavy atom. The molecule has 0 unspecified atom stereocenters. The highest BCUT2D eigenvalue weighted by molar-refractivity contribution is 5.45. The lowest BCUT2D eigenvalue weighted by Crippen LogP contribution is -2.14. The molecule has 0 aromatic carbocycles. The molecule has 1 aromatic heterocycles. The molecule has 0 saturated carbocycles. The molecule has 0 bridgehead atoms. The molecule has 0 amide bonds. The molecule has 0 aliphatic rings. The zero-order valence-corrected chi connectivity index (χ0v) is 10.3. The van der Waals surface area contributed by atoms with Crippen LogP contribution in [-0.4, -0.2) is 9.78 Å². The highest BCUT2D eigenvalue weighted by Crippen LogP contribution is 2.24. The first-order valence-electron chi connectivity index (χ1n) is 5.22. The van der Waals surface area contributed by atoms with Gasteiger partial charge >= 0.3 is 0 Å². The Hall–Kier alpha value is -1.31. The fourth-order valence-corrected chi connectivity index (χ4v) is 1.63. The maximum Gasteiger partial charge on any atom is 0.0711 e. The van der Waals surface area contributed by atoms with Gasteiger partial charge in [0.1, 0.15) is 0 Å². The van der Waals surface area contributed by atoms with Crippen LogP contribution in [0.2, 0.25) is 0 Å². The summed E-state index contributed by atoms with van der Waals surface area (Å²) in [6, 6.07) is 0. The molecule has 0 fully saturated rings. The van der Waals surface area contributed by atoms with Crippen molar-refractivity contribution in [2.24, 2.45) is 0 Å². The van der Waals surface area contributed by atoms with Gasteiger partial charge in [0.05, 0.1) is 5.69 Å². The van der Waals surface area contributed by atoms with Crippen LogP contribution >= 0.6 is 0 Å². The smallest absolute Gasteiger partial charge is 0.0711 e. The largest absolute Gasteiger partial charge is 0.245 e. The summed E-state index contributed by atoms with van der Waals surface area (Å²) in [6.07, 6.45) is 5.80. The highest BCUT2D eigenvalue weighted by atomic mass is 15.3. The average molecular weight is 204 g/mol. The first kappa shape index (κ1) is 11.8. The topological polar surface area (TPSA) is 17.8 Å². The van der Waals surface area contributed by atoms with Gasteiger partial charge in [-0.2, -0.15) is 5.10 Å². The van der Waals surface area contributed by atoms with E-state index in [0.29, 0.717) is 0 Å². The normalized spacial score (nSPS) is 13.0. The van der Waals surface area contributed by atoms with Gasteiger partial charge in [-0.05, 0) is 25.5 Å². The van der Waals surface area contributed by atoms with Gasteiger partial charge in [-0.1, -0.05) is 33.4 Å². The number of hydrogen-bond donors (Lipinski definition) is 0. The van der Waals surface area contributed by atoms with Crippen LogP contribution in [0.5, 0.6) is 0 Å². The van der Waals surface area contributed by atoms with Crippen LogP contribution in [0.4, 0.5) is 0 Å². The summed E-state index contributed by atoms with van der Waals surface area (Å²) in [4.78, 5) is 0. The summed E-state index contributed by atoms with van der Waals surface area (Å²) in [5.74, 6) is 0. The number of aromatic nitrogens is 2. The van der Waals surface area contributed by atoms with Crippen LogP contribution < -0.4 is 0 Å². The van der Waals surface area contributed by atoms with Crippen molar-refractivity contribution in [1.29, 1.82) is 0 Å². The molecule has 0 N–H and O–H groups in total. The standard InChI is InChI=1S/C13H20N2/c1-7-8-11(3)15-9-10(2)12(14-15)13(4,5)6/h7-9H,1H2,2-6H3/b11-8+. The molecule has 15 heavy (non-hydrogen) atoms. The third-order valence-electron chi connectivity index (χ3n) is 2.33. The monoisotopic (exact) mass is 204 g/mol. The van der Waals surface area contributed by atoms with Gasteiger partial charge in [0, 0.05) is 17.3 Å². The van der Waals surface area contributed by atoms with Crippen LogP contribution in [0.3, 0.4) is 0 Å². The summed E-state index contributed by atoms with van der Waals surface area (Å²) in [7, 11) is 0. The van der Waals surface area contributed by atoms with Crippen molar-refractivity contribution in [3.8, 4) is 0 Å². The SMILES string of the molecule is C=C/C=C(\C)n1cc(C)c(C(C)(C)C)n1.